The van der Waals surface area contributed by atoms with Crippen molar-refractivity contribution in [1.29, 1.82) is 0 Å². The van der Waals surface area contributed by atoms with E-state index in [-0.39, 0.29) is 11.5 Å². The molecule has 9 heteroatoms. The Balaban J connectivity index is 1.62. The second-order valence-electron chi connectivity index (χ2n) is 5.57. The second-order valence-corrected chi connectivity index (χ2v) is 5.57. The third-order valence-electron chi connectivity index (χ3n) is 3.66. The number of carbonyl (C=O) groups is 1. The summed E-state index contributed by atoms with van der Waals surface area (Å²) in [5.41, 5.74) is 7.45. The Labute approximate surface area is 153 Å². The Bertz CT molecular complexity index is 981. The van der Waals surface area contributed by atoms with Crippen LogP contribution in [0.3, 0.4) is 0 Å². The van der Waals surface area contributed by atoms with Gasteiger partial charge >= 0.3 is 11.7 Å². The molecule has 3 aromatic rings. The number of carbonyl (C=O) groups excluding carboxylic acids is 1. The van der Waals surface area contributed by atoms with Gasteiger partial charge in [0.25, 0.3) is 0 Å². The molecular weight excluding hydrogens is 350 g/mol. The number of nitrogens with two attached hydrogens (primary N) is 1. The fraction of sp³-hybridized carbons (Fsp3) is 0.0556. The molecule has 0 unspecified atom stereocenters. The van der Waals surface area contributed by atoms with Crippen molar-refractivity contribution in [3.8, 4) is 0 Å². The maximum absolute atomic E-state index is 12.1. The van der Waals surface area contributed by atoms with Crippen LogP contribution in [0.25, 0.3) is 0 Å². The minimum Gasteiger partial charge on any atom is -0.380 e. The average molecular weight is 365 g/mol. The maximum atomic E-state index is 12.1. The molecule has 0 bridgehead atoms. The molecule has 0 fully saturated rings. The minimum atomic E-state index is -0.643. The Morgan fingerprint density at radius 3 is 2.48 bits per heavy atom. The third kappa shape index (κ3) is 4.54. The summed E-state index contributed by atoms with van der Waals surface area (Å²) in [6.07, 6.45) is 2.52. The molecule has 0 aliphatic rings. The van der Waals surface area contributed by atoms with Gasteiger partial charge in [0.05, 0.1) is 17.0 Å². The first-order chi connectivity index (χ1) is 13.0. The normalized spacial score (nSPS) is 11.2. The highest BCUT2D eigenvalue weighted by molar-refractivity contribution is 5.98. The largest absolute Gasteiger partial charge is 0.380 e. The lowest BCUT2D eigenvalue weighted by Gasteiger charge is -2.04. The molecule has 136 valence electrons. The number of aromatic nitrogens is 2. The zero-order valence-electron chi connectivity index (χ0n) is 14.1. The van der Waals surface area contributed by atoms with Crippen molar-refractivity contribution in [3.63, 3.8) is 0 Å². The summed E-state index contributed by atoms with van der Waals surface area (Å²) >= 11 is 0. The predicted molar refractivity (Wildman–Crippen MR) is 97.0 cm³/mol. The van der Waals surface area contributed by atoms with Crippen molar-refractivity contribution in [3.05, 3.63) is 93.8 Å². The van der Waals surface area contributed by atoms with Crippen LogP contribution in [0.2, 0.25) is 0 Å². The summed E-state index contributed by atoms with van der Waals surface area (Å²) in [5.74, 6) is -0.545. The number of nitrogens with zero attached hydrogens (tertiary/aromatic N) is 4. The predicted octanol–water partition coefficient (Wildman–Crippen LogP) is 2.32. The molecule has 0 radical (unpaired) electrons. The topological polar surface area (TPSA) is 126 Å². The summed E-state index contributed by atoms with van der Waals surface area (Å²) in [6, 6.07) is 15.5. The molecule has 0 saturated carbocycles. The minimum absolute atomic E-state index is 0.0796. The van der Waals surface area contributed by atoms with Gasteiger partial charge in [-0.25, -0.2) is 4.79 Å². The molecule has 27 heavy (non-hydrogen) atoms. The number of oxime groups is 1. The van der Waals surface area contributed by atoms with Gasteiger partial charge in [-0.3, -0.25) is 14.8 Å². The summed E-state index contributed by atoms with van der Waals surface area (Å²) in [5, 5.41) is 18.2. The Hall–Kier alpha value is -4.01. The zero-order chi connectivity index (χ0) is 19.2. The lowest BCUT2D eigenvalue weighted by Crippen LogP contribution is -2.15. The van der Waals surface area contributed by atoms with Crippen LogP contribution < -0.4 is 5.73 Å². The van der Waals surface area contributed by atoms with Gasteiger partial charge in [0.1, 0.15) is 12.4 Å². The fourth-order valence-electron chi connectivity index (χ4n) is 2.27. The molecule has 1 aromatic heterocycles. The SMILES string of the molecule is N/C(=N\OC(=O)c1ccc(Cn2cc([N+](=O)[O-])cn2)cc1)c1ccccc1. The number of hydrogen-bond acceptors (Lipinski definition) is 6. The molecule has 0 saturated heterocycles. The molecule has 3 rings (SSSR count). The summed E-state index contributed by atoms with van der Waals surface area (Å²) in [7, 11) is 0. The smallest absolute Gasteiger partial charge is 0.365 e. The molecule has 0 spiro atoms. The highest BCUT2D eigenvalue weighted by Gasteiger charge is 2.11. The van der Waals surface area contributed by atoms with E-state index in [1.807, 2.05) is 6.07 Å². The van der Waals surface area contributed by atoms with E-state index in [9.17, 15) is 14.9 Å². The second kappa shape index (κ2) is 7.91. The van der Waals surface area contributed by atoms with E-state index >= 15 is 0 Å². The molecule has 1 heterocycles. The molecule has 2 N–H and O–H groups in total. The Morgan fingerprint density at radius 1 is 1.15 bits per heavy atom. The standard InChI is InChI=1S/C18H15N5O4/c19-17(14-4-2-1-3-5-14)21-27-18(24)15-8-6-13(7-9-15)11-22-12-16(10-20-22)23(25)26/h1-10,12H,11H2,(H2,19,21). The van der Waals surface area contributed by atoms with E-state index in [1.54, 1.807) is 48.5 Å². The fourth-order valence-corrected chi connectivity index (χ4v) is 2.27. The van der Waals surface area contributed by atoms with Crippen LogP contribution in [0.4, 0.5) is 5.69 Å². The number of nitro groups is 1. The van der Waals surface area contributed by atoms with Gasteiger partial charge < -0.3 is 10.6 Å². The van der Waals surface area contributed by atoms with Crippen LogP contribution in [0.1, 0.15) is 21.5 Å². The summed E-state index contributed by atoms with van der Waals surface area (Å²) in [6.45, 7) is 0.336. The van der Waals surface area contributed by atoms with Crippen LogP contribution in [-0.4, -0.2) is 26.5 Å². The van der Waals surface area contributed by atoms with E-state index in [0.717, 1.165) is 5.56 Å². The van der Waals surface area contributed by atoms with E-state index in [1.165, 1.54) is 17.1 Å². The van der Waals surface area contributed by atoms with E-state index in [0.29, 0.717) is 17.7 Å². The molecule has 0 aliphatic heterocycles. The number of hydrogen-bond donors (Lipinski definition) is 1. The van der Waals surface area contributed by atoms with Crippen molar-refractivity contribution in [2.45, 2.75) is 6.54 Å². The molecule has 9 nitrogen and oxygen atoms in total. The Morgan fingerprint density at radius 2 is 1.85 bits per heavy atom. The van der Waals surface area contributed by atoms with E-state index < -0.39 is 10.9 Å². The zero-order valence-corrected chi connectivity index (χ0v) is 14.1. The van der Waals surface area contributed by atoms with Crippen LogP contribution in [-0.2, 0) is 11.4 Å². The van der Waals surface area contributed by atoms with Crippen molar-refractivity contribution in [2.75, 3.05) is 0 Å². The molecule has 0 atom stereocenters. The first kappa shape index (κ1) is 17.8. The van der Waals surface area contributed by atoms with Gasteiger partial charge in [0.2, 0.25) is 0 Å². The molecule has 0 aliphatic carbocycles. The van der Waals surface area contributed by atoms with Gasteiger partial charge in [0.15, 0.2) is 5.84 Å². The highest BCUT2D eigenvalue weighted by atomic mass is 16.7. The quantitative estimate of drug-likeness (QED) is 0.235. The number of rotatable bonds is 6. The van der Waals surface area contributed by atoms with Crippen LogP contribution in [0, 0.1) is 10.1 Å². The lowest BCUT2D eigenvalue weighted by molar-refractivity contribution is -0.385. The van der Waals surface area contributed by atoms with Gasteiger partial charge in [-0.15, -0.1) is 0 Å². The number of amidine groups is 1. The van der Waals surface area contributed by atoms with Crippen molar-refractivity contribution in [2.24, 2.45) is 10.9 Å². The third-order valence-corrected chi connectivity index (χ3v) is 3.66. The van der Waals surface area contributed by atoms with Crippen molar-refractivity contribution >= 4 is 17.5 Å². The Kier molecular flexibility index (Phi) is 5.22. The monoisotopic (exact) mass is 365 g/mol. The van der Waals surface area contributed by atoms with Crippen molar-refractivity contribution < 1.29 is 14.6 Å². The molecule has 2 aromatic carbocycles. The highest BCUT2D eigenvalue weighted by Crippen LogP contribution is 2.12. The van der Waals surface area contributed by atoms with Gasteiger partial charge in [-0.1, -0.05) is 47.6 Å². The summed E-state index contributed by atoms with van der Waals surface area (Å²) < 4.78 is 1.44. The average Bonchev–Trinajstić information content (AvgIpc) is 3.16. The van der Waals surface area contributed by atoms with E-state index in [4.69, 9.17) is 10.6 Å². The van der Waals surface area contributed by atoms with Crippen LogP contribution in [0.5, 0.6) is 0 Å². The number of benzene rings is 2. The van der Waals surface area contributed by atoms with Crippen LogP contribution in [0.15, 0.2) is 72.1 Å². The maximum Gasteiger partial charge on any atom is 0.365 e. The van der Waals surface area contributed by atoms with Crippen LogP contribution >= 0.6 is 0 Å². The van der Waals surface area contributed by atoms with E-state index in [2.05, 4.69) is 10.3 Å². The molecule has 0 amide bonds. The molecular formula is C18H15N5O4. The van der Waals surface area contributed by atoms with Crippen molar-refractivity contribution in [1.82, 2.24) is 9.78 Å². The van der Waals surface area contributed by atoms with Gasteiger partial charge in [0, 0.05) is 5.56 Å². The van der Waals surface area contributed by atoms with Gasteiger partial charge in [-0.05, 0) is 17.7 Å². The first-order valence-electron chi connectivity index (χ1n) is 7.89. The lowest BCUT2D eigenvalue weighted by atomic mass is 10.1. The van der Waals surface area contributed by atoms with Gasteiger partial charge in [-0.2, -0.15) is 5.10 Å². The first-order valence-corrected chi connectivity index (χ1v) is 7.89. The summed E-state index contributed by atoms with van der Waals surface area (Å²) in [4.78, 5) is 27.1.